The van der Waals surface area contributed by atoms with E-state index in [4.69, 9.17) is 11.6 Å². The highest BCUT2D eigenvalue weighted by molar-refractivity contribution is 7.87. The number of halogens is 3. The Labute approximate surface area is 91.8 Å². The van der Waals surface area contributed by atoms with Crippen LogP contribution in [-0.4, -0.2) is 20.9 Å². The van der Waals surface area contributed by atoms with E-state index in [1.54, 1.807) is 0 Å². The zero-order valence-electron chi connectivity index (χ0n) is 7.30. The summed E-state index contributed by atoms with van der Waals surface area (Å²) in [7, 11) is -1.47. The fraction of sp³-hybridized carbons (Fsp3) is 0.571. The molecule has 14 heavy (non-hydrogen) atoms. The first kappa shape index (κ1) is 12.0. The molecule has 1 rings (SSSR count). The van der Waals surface area contributed by atoms with Crippen molar-refractivity contribution in [1.29, 1.82) is 0 Å². The summed E-state index contributed by atoms with van der Waals surface area (Å²) in [6.45, 7) is 0.805. The van der Waals surface area contributed by atoms with E-state index >= 15 is 0 Å². The van der Waals surface area contributed by atoms with Crippen LogP contribution in [0.5, 0.6) is 0 Å². The van der Waals surface area contributed by atoms with Crippen LogP contribution in [0.25, 0.3) is 0 Å². The molecule has 1 heterocycles. The first-order valence-corrected chi connectivity index (χ1v) is 6.27. The Morgan fingerprint density at radius 3 is 2.79 bits per heavy atom. The molecule has 1 unspecified atom stereocenters. The molecule has 0 amide bonds. The van der Waals surface area contributed by atoms with Gasteiger partial charge in [-0.15, -0.1) is 0 Å². The molecule has 0 N–H and O–H groups in total. The summed E-state index contributed by atoms with van der Waals surface area (Å²) >= 11 is 6.62. The van der Waals surface area contributed by atoms with Crippen LogP contribution in [0.15, 0.2) is 10.5 Å². The zero-order valence-corrected chi connectivity index (χ0v) is 9.69. The van der Waals surface area contributed by atoms with E-state index in [1.165, 1.54) is 6.20 Å². The van der Waals surface area contributed by atoms with Crippen LogP contribution in [-0.2, 0) is 10.8 Å². The van der Waals surface area contributed by atoms with Crippen LogP contribution in [0.2, 0.25) is 4.34 Å². The topological polar surface area (TPSA) is 30.0 Å². The van der Waals surface area contributed by atoms with Gasteiger partial charge in [0.25, 0.3) is 0 Å². The van der Waals surface area contributed by atoms with Crippen molar-refractivity contribution in [2.45, 2.75) is 23.6 Å². The molecule has 80 valence electrons. The van der Waals surface area contributed by atoms with Crippen LogP contribution < -0.4 is 0 Å². The third-order valence-electron chi connectivity index (χ3n) is 1.38. The molecule has 0 aliphatic rings. The number of hydrogen-bond acceptors (Lipinski definition) is 3. The molecule has 0 radical (unpaired) electrons. The number of nitrogens with zero attached hydrogens (tertiary/aromatic N) is 1. The maximum atomic E-state index is 12.4. The molecular weight excluding hydrogens is 252 g/mol. The molecule has 1 aromatic rings. The Bertz CT molecular complexity index is 337. The molecule has 0 bridgehead atoms. The summed E-state index contributed by atoms with van der Waals surface area (Å²) in [5.74, 6) is -2.87. The van der Waals surface area contributed by atoms with Gasteiger partial charge < -0.3 is 0 Å². The normalized spacial score (nSPS) is 14.3. The van der Waals surface area contributed by atoms with Crippen LogP contribution in [0, 0.1) is 0 Å². The van der Waals surface area contributed by atoms with Crippen LogP contribution >= 0.6 is 22.9 Å². The second-order valence-electron chi connectivity index (χ2n) is 2.80. The van der Waals surface area contributed by atoms with E-state index < -0.39 is 23.1 Å². The number of thiazole rings is 1. The van der Waals surface area contributed by atoms with Crippen molar-refractivity contribution in [2.75, 3.05) is 5.75 Å². The summed E-state index contributed by atoms with van der Waals surface area (Å²) in [6, 6.07) is 0. The largest absolute Gasteiger partial charge is 0.252 e. The van der Waals surface area contributed by atoms with E-state index in [9.17, 15) is 13.0 Å². The Hall–Kier alpha value is -0.0700. The number of aromatic nitrogens is 1. The van der Waals surface area contributed by atoms with Crippen molar-refractivity contribution in [3.8, 4) is 0 Å². The fourth-order valence-electron chi connectivity index (χ4n) is 0.704. The Kier molecular flexibility index (Phi) is 3.97. The van der Waals surface area contributed by atoms with Gasteiger partial charge in [-0.2, -0.15) is 0 Å². The van der Waals surface area contributed by atoms with Crippen molar-refractivity contribution >= 4 is 33.7 Å². The predicted octanol–water partition coefficient (Wildman–Crippen LogP) is 2.95. The first-order valence-electron chi connectivity index (χ1n) is 3.76. The third kappa shape index (κ3) is 3.98. The zero-order chi connectivity index (χ0) is 10.8. The number of rotatable bonds is 4. The maximum Gasteiger partial charge on any atom is 0.246 e. The van der Waals surface area contributed by atoms with Crippen LogP contribution in [0.4, 0.5) is 8.78 Å². The Morgan fingerprint density at radius 1 is 1.71 bits per heavy atom. The summed E-state index contributed by atoms with van der Waals surface area (Å²) < 4.78 is 36.9. The van der Waals surface area contributed by atoms with Gasteiger partial charge in [-0.1, -0.05) is 22.9 Å². The molecule has 0 aliphatic carbocycles. The molecule has 0 aliphatic heterocycles. The second-order valence-corrected chi connectivity index (χ2v) is 6.21. The highest BCUT2D eigenvalue weighted by atomic mass is 35.5. The molecule has 1 aromatic heterocycles. The molecule has 2 nitrogen and oxygen atoms in total. The SMILES string of the molecule is CC(F)(F)CCS(=O)c1ncc(Cl)s1. The maximum absolute atomic E-state index is 12.4. The highest BCUT2D eigenvalue weighted by Gasteiger charge is 2.22. The Morgan fingerprint density at radius 2 is 2.36 bits per heavy atom. The number of alkyl halides is 2. The lowest BCUT2D eigenvalue weighted by atomic mass is 10.3. The molecular formula is C7H8ClF2NOS2. The van der Waals surface area contributed by atoms with Gasteiger partial charge in [0.05, 0.1) is 17.0 Å². The lowest BCUT2D eigenvalue weighted by Gasteiger charge is -2.07. The summed E-state index contributed by atoms with van der Waals surface area (Å²) in [5.41, 5.74) is 0. The van der Waals surface area contributed by atoms with E-state index in [1.807, 2.05) is 0 Å². The van der Waals surface area contributed by atoms with E-state index in [-0.39, 0.29) is 5.75 Å². The standard InChI is InChI=1S/C7H8ClF2NOS2/c1-7(9,10)2-3-14(12)6-11-4-5(8)13-6/h4H,2-3H2,1H3. The van der Waals surface area contributed by atoms with Crippen molar-refractivity contribution in [3.63, 3.8) is 0 Å². The van der Waals surface area contributed by atoms with Crippen LogP contribution in [0.3, 0.4) is 0 Å². The van der Waals surface area contributed by atoms with Crippen molar-refractivity contribution in [2.24, 2.45) is 0 Å². The van der Waals surface area contributed by atoms with Gasteiger partial charge in [0.1, 0.15) is 4.34 Å². The minimum Gasteiger partial charge on any atom is -0.252 e. The molecule has 0 spiro atoms. The monoisotopic (exact) mass is 259 g/mol. The van der Waals surface area contributed by atoms with Gasteiger partial charge >= 0.3 is 0 Å². The lowest BCUT2D eigenvalue weighted by molar-refractivity contribution is 0.0192. The van der Waals surface area contributed by atoms with Gasteiger partial charge in [0, 0.05) is 12.2 Å². The summed E-state index contributed by atoms with van der Waals surface area (Å²) in [5, 5.41) is 0. The molecule has 7 heteroatoms. The average molecular weight is 260 g/mol. The predicted molar refractivity (Wildman–Crippen MR) is 53.6 cm³/mol. The highest BCUT2D eigenvalue weighted by Crippen LogP contribution is 2.23. The molecule has 0 saturated carbocycles. The molecule has 0 fully saturated rings. The van der Waals surface area contributed by atoms with E-state index in [2.05, 4.69) is 4.98 Å². The quantitative estimate of drug-likeness (QED) is 0.832. The fourth-order valence-corrected chi connectivity index (χ4v) is 3.27. The second kappa shape index (κ2) is 4.63. The van der Waals surface area contributed by atoms with Crippen molar-refractivity contribution in [1.82, 2.24) is 4.98 Å². The van der Waals surface area contributed by atoms with Gasteiger partial charge in [-0.25, -0.2) is 13.8 Å². The minimum atomic E-state index is -2.78. The van der Waals surface area contributed by atoms with E-state index in [0.29, 0.717) is 8.68 Å². The van der Waals surface area contributed by atoms with Gasteiger partial charge in [-0.3, -0.25) is 4.21 Å². The summed E-state index contributed by atoms with van der Waals surface area (Å²) in [4.78, 5) is 3.76. The Balaban J connectivity index is 2.52. The van der Waals surface area contributed by atoms with E-state index in [0.717, 1.165) is 18.3 Å². The molecule has 1 atom stereocenters. The van der Waals surface area contributed by atoms with Crippen molar-refractivity contribution in [3.05, 3.63) is 10.5 Å². The first-order chi connectivity index (χ1) is 6.38. The summed E-state index contributed by atoms with van der Waals surface area (Å²) in [6.07, 6.45) is 0.959. The van der Waals surface area contributed by atoms with Crippen LogP contribution in [0.1, 0.15) is 13.3 Å². The lowest BCUT2D eigenvalue weighted by Crippen LogP contribution is -2.14. The minimum absolute atomic E-state index is 0.0899. The average Bonchev–Trinajstić information content (AvgIpc) is 2.46. The van der Waals surface area contributed by atoms with Crippen molar-refractivity contribution < 1.29 is 13.0 Å². The van der Waals surface area contributed by atoms with Gasteiger partial charge in [0.2, 0.25) is 5.92 Å². The molecule has 0 aromatic carbocycles. The third-order valence-corrected chi connectivity index (χ3v) is 4.16. The van der Waals surface area contributed by atoms with Gasteiger partial charge in [-0.05, 0) is 6.92 Å². The molecule has 0 saturated heterocycles. The number of hydrogen-bond donors (Lipinski definition) is 0. The van der Waals surface area contributed by atoms with Gasteiger partial charge in [0.15, 0.2) is 4.34 Å². The smallest absolute Gasteiger partial charge is 0.246 e.